The number of morpholine rings is 1. The van der Waals surface area contributed by atoms with Crippen LogP contribution >= 0.6 is 11.9 Å². The Morgan fingerprint density at radius 3 is 2.57 bits per heavy atom. The first-order chi connectivity index (χ1) is 10.3. The monoisotopic (exact) mass is 307 g/mol. The normalized spacial score (nSPS) is 16.0. The third-order valence-electron chi connectivity index (χ3n) is 3.19. The number of benzene rings is 1. The Hall–Kier alpha value is -1.77. The Balaban J connectivity index is 1.77. The molecule has 0 radical (unpaired) electrons. The van der Waals surface area contributed by atoms with E-state index in [1.54, 1.807) is 7.11 Å². The molecule has 3 rings (SSSR count). The van der Waals surface area contributed by atoms with Gasteiger partial charge in [-0.15, -0.1) is 10.2 Å². The van der Waals surface area contributed by atoms with E-state index in [9.17, 15) is 0 Å². The van der Waals surface area contributed by atoms with Crippen LogP contribution in [-0.4, -0.2) is 52.6 Å². The van der Waals surface area contributed by atoms with Crippen LogP contribution in [0.1, 0.15) is 0 Å². The molecule has 112 valence electrons. The molecule has 0 amide bonds. The molecule has 2 heterocycles. The van der Waals surface area contributed by atoms with Gasteiger partial charge in [0.05, 0.1) is 20.3 Å². The van der Waals surface area contributed by atoms with Gasteiger partial charge in [-0.05, 0) is 24.3 Å². The van der Waals surface area contributed by atoms with Crippen molar-refractivity contribution < 1.29 is 9.47 Å². The summed E-state index contributed by atoms with van der Waals surface area (Å²) in [4.78, 5) is 0. The van der Waals surface area contributed by atoms with E-state index in [1.807, 2.05) is 24.3 Å². The van der Waals surface area contributed by atoms with E-state index in [4.69, 9.17) is 15.3 Å². The fourth-order valence-electron chi connectivity index (χ4n) is 2.03. The Morgan fingerprint density at radius 2 is 1.90 bits per heavy atom. The Labute approximate surface area is 127 Å². The molecule has 1 aromatic heterocycles. The minimum Gasteiger partial charge on any atom is -0.497 e. The second kappa shape index (κ2) is 6.33. The smallest absolute Gasteiger partial charge is 0.225 e. The molecule has 0 bridgehead atoms. The molecule has 0 aliphatic carbocycles. The summed E-state index contributed by atoms with van der Waals surface area (Å²) in [6.45, 7) is 3.18. The lowest BCUT2D eigenvalue weighted by atomic mass is 10.2. The SMILES string of the molecule is COc1ccc(-c2nnc(SN3CCOCC3)n2N)cc1. The predicted molar refractivity (Wildman–Crippen MR) is 80.4 cm³/mol. The maximum absolute atomic E-state index is 6.10. The molecule has 0 atom stereocenters. The molecule has 1 aliphatic rings. The first-order valence-electron chi connectivity index (χ1n) is 6.63. The lowest BCUT2D eigenvalue weighted by Gasteiger charge is -2.24. The summed E-state index contributed by atoms with van der Waals surface area (Å²) in [5, 5.41) is 9.01. The number of nitrogens with two attached hydrogens (primary N) is 1. The highest BCUT2D eigenvalue weighted by Crippen LogP contribution is 2.25. The molecule has 21 heavy (non-hydrogen) atoms. The predicted octanol–water partition coefficient (Wildman–Crippen LogP) is 1.01. The molecule has 8 heteroatoms. The quantitative estimate of drug-likeness (QED) is 0.667. The van der Waals surface area contributed by atoms with E-state index in [1.165, 1.54) is 16.6 Å². The van der Waals surface area contributed by atoms with Crippen molar-refractivity contribution in [3.8, 4) is 17.1 Å². The number of hydrogen-bond donors (Lipinski definition) is 1. The van der Waals surface area contributed by atoms with Gasteiger partial charge in [0, 0.05) is 30.6 Å². The van der Waals surface area contributed by atoms with Crippen molar-refractivity contribution in [3.63, 3.8) is 0 Å². The zero-order valence-corrected chi connectivity index (χ0v) is 12.5. The van der Waals surface area contributed by atoms with Crippen molar-refractivity contribution in [1.29, 1.82) is 0 Å². The van der Waals surface area contributed by atoms with Gasteiger partial charge < -0.3 is 15.3 Å². The lowest BCUT2D eigenvalue weighted by Crippen LogP contribution is -2.31. The molecule has 0 unspecified atom stereocenters. The van der Waals surface area contributed by atoms with E-state index in [2.05, 4.69) is 14.5 Å². The molecule has 2 aromatic rings. The summed E-state index contributed by atoms with van der Waals surface area (Å²) in [5.74, 6) is 7.53. The maximum atomic E-state index is 6.10. The molecule has 0 saturated carbocycles. The third-order valence-corrected chi connectivity index (χ3v) is 4.26. The summed E-state index contributed by atoms with van der Waals surface area (Å²) in [5.41, 5.74) is 0.902. The maximum Gasteiger partial charge on any atom is 0.225 e. The number of nitrogens with zero attached hydrogens (tertiary/aromatic N) is 4. The topological polar surface area (TPSA) is 78.4 Å². The number of ether oxygens (including phenoxy) is 2. The van der Waals surface area contributed by atoms with Crippen molar-refractivity contribution in [2.75, 3.05) is 39.3 Å². The molecular weight excluding hydrogens is 290 g/mol. The number of nitrogen functional groups attached to an aromatic ring is 1. The molecule has 2 N–H and O–H groups in total. The number of rotatable bonds is 4. The standard InChI is InChI=1S/C13H17N5O2S/c1-19-11-4-2-10(3-5-11)12-15-16-13(18(12)14)21-17-6-8-20-9-7-17/h2-5H,6-9,14H2,1H3. The van der Waals surface area contributed by atoms with Crippen LogP contribution in [0.4, 0.5) is 0 Å². The summed E-state index contributed by atoms with van der Waals surface area (Å²) in [7, 11) is 1.64. The highest BCUT2D eigenvalue weighted by atomic mass is 32.2. The van der Waals surface area contributed by atoms with E-state index in [0.29, 0.717) is 11.0 Å². The van der Waals surface area contributed by atoms with E-state index < -0.39 is 0 Å². The largest absolute Gasteiger partial charge is 0.497 e. The Kier molecular flexibility index (Phi) is 4.28. The zero-order chi connectivity index (χ0) is 14.7. The van der Waals surface area contributed by atoms with Crippen molar-refractivity contribution in [2.45, 2.75) is 5.16 Å². The van der Waals surface area contributed by atoms with Crippen LogP contribution in [0.2, 0.25) is 0 Å². The molecular formula is C13H17N5O2S. The van der Waals surface area contributed by atoms with E-state index in [-0.39, 0.29) is 0 Å². The fraction of sp³-hybridized carbons (Fsp3) is 0.385. The zero-order valence-electron chi connectivity index (χ0n) is 11.7. The van der Waals surface area contributed by atoms with Crippen LogP contribution in [0.3, 0.4) is 0 Å². The molecule has 0 spiro atoms. The average molecular weight is 307 g/mol. The summed E-state index contributed by atoms with van der Waals surface area (Å²) >= 11 is 1.51. The van der Waals surface area contributed by atoms with Crippen molar-refractivity contribution in [2.24, 2.45) is 0 Å². The first kappa shape index (κ1) is 14.2. The van der Waals surface area contributed by atoms with Gasteiger partial charge in [0.2, 0.25) is 5.16 Å². The third kappa shape index (κ3) is 3.12. The van der Waals surface area contributed by atoms with E-state index in [0.717, 1.165) is 37.6 Å². The minimum absolute atomic E-state index is 0.633. The highest BCUT2D eigenvalue weighted by Gasteiger charge is 2.18. The molecule has 1 fully saturated rings. The van der Waals surface area contributed by atoms with Gasteiger partial charge in [-0.3, -0.25) is 0 Å². The minimum atomic E-state index is 0.633. The molecule has 1 aromatic carbocycles. The van der Waals surface area contributed by atoms with Gasteiger partial charge in [0.1, 0.15) is 5.75 Å². The van der Waals surface area contributed by atoms with Crippen LogP contribution in [0.15, 0.2) is 29.4 Å². The highest BCUT2D eigenvalue weighted by molar-refractivity contribution is 7.96. The van der Waals surface area contributed by atoms with Crippen LogP contribution < -0.4 is 10.6 Å². The van der Waals surface area contributed by atoms with Gasteiger partial charge in [0.25, 0.3) is 0 Å². The molecule has 7 nitrogen and oxygen atoms in total. The second-order valence-corrected chi connectivity index (χ2v) is 5.60. The number of aromatic nitrogens is 3. The van der Waals surface area contributed by atoms with Gasteiger partial charge >= 0.3 is 0 Å². The van der Waals surface area contributed by atoms with Crippen molar-refractivity contribution in [1.82, 2.24) is 19.2 Å². The fourth-order valence-corrected chi connectivity index (χ4v) is 2.84. The van der Waals surface area contributed by atoms with Gasteiger partial charge in [-0.1, -0.05) is 0 Å². The molecule has 1 aliphatic heterocycles. The van der Waals surface area contributed by atoms with Gasteiger partial charge in [-0.25, -0.2) is 8.98 Å². The van der Waals surface area contributed by atoms with Crippen molar-refractivity contribution >= 4 is 11.9 Å². The van der Waals surface area contributed by atoms with Gasteiger partial charge in [-0.2, -0.15) is 0 Å². The summed E-state index contributed by atoms with van der Waals surface area (Å²) in [6, 6.07) is 7.57. The molecule has 1 saturated heterocycles. The van der Waals surface area contributed by atoms with Crippen LogP contribution in [0.25, 0.3) is 11.4 Å². The van der Waals surface area contributed by atoms with Crippen LogP contribution in [-0.2, 0) is 4.74 Å². The number of methoxy groups -OCH3 is 1. The lowest BCUT2D eigenvalue weighted by molar-refractivity contribution is 0.0772. The number of hydrogen-bond acceptors (Lipinski definition) is 7. The summed E-state index contributed by atoms with van der Waals surface area (Å²) in [6.07, 6.45) is 0. The van der Waals surface area contributed by atoms with Gasteiger partial charge in [0.15, 0.2) is 5.82 Å². The van der Waals surface area contributed by atoms with Crippen LogP contribution in [0.5, 0.6) is 5.75 Å². The Bertz CT molecular complexity index is 595. The van der Waals surface area contributed by atoms with E-state index >= 15 is 0 Å². The van der Waals surface area contributed by atoms with Crippen LogP contribution in [0, 0.1) is 0 Å². The first-order valence-corrected chi connectivity index (χ1v) is 7.41. The Morgan fingerprint density at radius 1 is 1.19 bits per heavy atom. The summed E-state index contributed by atoms with van der Waals surface area (Å²) < 4.78 is 14.2. The van der Waals surface area contributed by atoms with Crippen molar-refractivity contribution in [3.05, 3.63) is 24.3 Å². The second-order valence-electron chi connectivity index (χ2n) is 4.54. The average Bonchev–Trinajstić information content (AvgIpc) is 2.89.